The van der Waals surface area contributed by atoms with Gasteiger partial charge in [-0.2, -0.15) is 0 Å². The van der Waals surface area contributed by atoms with E-state index in [9.17, 15) is 9.90 Å². The van der Waals surface area contributed by atoms with Gasteiger partial charge in [-0.3, -0.25) is 0 Å². The average Bonchev–Trinajstić information content (AvgIpc) is 2.50. The molecule has 0 spiro atoms. The van der Waals surface area contributed by atoms with Gasteiger partial charge in [0.1, 0.15) is 6.10 Å². The van der Waals surface area contributed by atoms with E-state index < -0.39 is 12.1 Å². The third-order valence-corrected chi connectivity index (χ3v) is 3.00. The maximum atomic E-state index is 10.3. The molecule has 2 N–H and O–H groups in total. The summed E-state index contributed by atoms with van der Waals surface area (Å²) >= 11 is 0. The molecule has 0 aliphatic rings. The standard InChI is InChI=1S/C18H20O3/c1-3-14-10-12-16(13-11-14)18(21)15(4-2)8-6-5-7-9-17(19)20/h4-13,18,21H,2-3H2,1H3,(H,19,20)/b6-5+,9-7+,15-8+. The number of allylic oxidation sites excluding steroid dienone is 4. The number of carboxylic acid groups (broad SMARTS) is 1. The van der Waals surface area contributed by atoms with Crippen molar-refractivity contribution in [1.29, 1.82) is 0 Å². The molecule has 110 valence electrons. The lowest BCUT2D eigenvalue weighted by Gasteiger charge is -2.12. The quantitative estimate of drug-likeness (QED) is 0.594. The van der Waals surface area contributed by atoms with Crippen LogP contribution in [-0.2, 0) is 11.2 Å². The van der Waals surface area contributed by atoms with Crippen LogP contribution in [0.2, 0.25) is 0 Å². The molecule has 1 aromatic carbocycles. The predicted octanol–water partition coefficient (Wildman–Crippen LogP) is 3.59. The third-order valence-electron chi connectivity index (χ3n) is 3.00. The van der Waals surface area contributed by atoms with Crippen LogP contribution in [0.5, 0.6) is 0 Å². The van der Waals surface area contributed by atoms with E-state index in [0.717, 1.165) is 18.1 Å². The Morgan fingerprint density at radius 3 is 2.43 bits per heavy atom. The predicted molar refractivity (Wildman–Crippen MR) is 85.0 cm³/mol. The van der Waals surface area contributed by atoms with E-state index in [2.05, 4.69) is 13.5 Å². The van der Waals surface area contributed by atoms with Gasteiger partial charge in [0.05, 0.1) is 0 Å². The summed E-state index contributed by atoms with van der Waals surface area (Å²) in [6, 6.07) is 7.78. The summed E-state index contributed by atoms with van der Waals surface area (Å²) in [5.41, 5.74) is 2.67. The molecule has 0 bridgehead atoms. The van der Waals surface area contributed by atoms with Gasteiger partial charge in [0, 0.05) is 6.08 Å². The summed E-state index contributed by atoms with van der Waals surface area (Å²) in [7, 11) is 0. The zero-order valence-electron chi connectivity index (χ0n) is 12.1. The van der Waals surface area contributed by atoms with E-state index in [1.807, 2.05) is 24.3 Å². The van der Waals surface area contributed by atoms with E-state index in [1.54, 1.807) is 24.3 Å². The Morgan fingerprint density at radius 2 is 1.90 bits per heavy atom. The molecule has 0 aliphatic carbocycles. The van der Waals surface area contributed by atoms with Crippen molar-refractivity contribution in [3.05, 3.63) is 84.0 Å². The van der Waals surface area contributed by atoms with Gasteiger partial charge in [0.25, 0.3) is 0 Å². The number of aliphatic hydroxyl groups excluding tert-OH is 1. The second kappa shape index (κ2) is 8.72. The average molecular weight is 284 g/mol. The van der Waals surface area contributed by atoms with Gasteiger partial charge in [-0.1, -0.05) is 68.1 Å². The Morgan fingerprint density at radius 1 is 1.24 bits per heavy atom. The van der Waals surface area contributed by atoms with E-state index in [0.29, 0.717) is 5.57 Å². The van der Waals surface area contributed by atoms with Crippen molar-refractivity contribution >= 4 is 5.97 Å². The third kappa shape index (κ3) is 5.63. The number of benzene rings is 1. The first kappa shape index (κ1) is 16.7. The van der Waals surface area contributed by atoms with Crippen LogP contribution in [0.4, 0.5) is 0 Å². The van der Waals surface area contributed by atoms with E-state index in [4.69, 9.17) is 5.11 Å². The number of aliphatic hydroxyl groups is 1. The molecule has 0 saturated heterocycles. The summed E-state index contributed by atoms with van der Waals surface area (Å²) in [6.45, 7) is 5.77. The van der Waals surface area contributed by atoms with Gasteiger partial charge in [0.2, 0.25) is 0 Å². The van der Waals surface area contributed by atoms with Crippen molar-refractivity contribution in [2.75, 3.05) is 0 Å². The Balaban J connectivity index is 2.82. The van der Waals surface area contributed by atoms with Crippen LogP contribution >= 0.6 is 0 Å². The highest BCUT2D eigenvalue weighted by molar-refractivity contribution is 5.80. The van der Waals surface area contributed by atoms with Crippen molar-refractivity contribution in [3.63, 3.8) is 0 Å². The van der Waals surface area contributed by atoms with Crippen LogP contribution in [0.3, 0.4) is 0 Å². The van der Waals surface area contributed by atoms with Gasteiger partial charge in [-0.15, -0.1) is 0 Å². The summed E-state index contributed by atoms with van der Waals surface area (Å²) < 4.78 is 0. The molecule has 1 unspecified atom stereocenters. The number of aliphatic carboxylic acids is 1. The zero-order chi connectivity index (χ0) is 15.7. The number of aryl methyl sites for hydroxylation is 1. The normalized spacial score (nSPS) is 13.7. The molecule has 1 atom stereocenters. The summed E-state index contributed by atoms with van der Waals surface area (Å²) in [6.07, 6.45) is 9.21. The lowest BCUT2D eigenvalue weighted by Crippen LogP contribution is -1.99. The molecule has 0 aromatic heterocycles. The van der Waals surface area contributed by atoms with E-state index >= 15 is 0 Å². The SMILES string of the molecule is C=C\C(=C/C=C/C=C/C(=O)O)C(O)c1ccc(CC)cc1. The first-order valence-electron chi connectivity index (χ1n) is 6.75. The molecule has 0 amide bonds. The van der Waals surface area contributed by atoms with Gasteiger partial charge in [0.15, 0.2) is 0 Å². The summed E-state index contributed by atoms with van der Waals surface area (Å²) in [4.78, 5) is 10.3. The molecular formula is C18H20O3. The molecule has 0 radical (unpaired) electrons. The fourth-order valence-electron chi connectivity index (χ4n) is 1.77. The molecule has 1 rings (SSSR count). The summed E-state index contributed by atoms with van der Waals surface area (Å²) in [5.74, 6) is -0.997. The highest BCUT2D eigenvalue weighted by atomic mass is 16.4. The summed E-state index contributed by atoms with van der Waals surface area (Å²) in [5, 5.41) is 18.8. The monoisotopic (exact) mass is 284 g/mol. The van der Waals surface area contributed by atoms with Crippen LogP contribution in [0.15, 0.2) is 72.9 Å². The number of carbonyl (C=O) groups is 1. The second-order valence-electron chi connectivity index (χ2n) is 4.45. The number of carboxylic acids is 1. The smallest absolute Gasteiger partial charge is 0.328 e. The number of hydrogen-bond acceptors (Lipinski definition) is 2. The first-order chi connectivity index (χ1) is 10.1. The molecule has 21 heavy (non-hydrogen) atoms. The van der Waals surface area contributed by atoms with Gasteiger partial charge in [-0.05, 0) is 23.1 Å². The lowest BCUT2D eigenvalue weighted by atomic mass is 9.99. The van der Waals surface area contributed by atoms with Crippen molar-refractivity contribution in [2.45, 2.75) is 19.4 Å². The molecule has 3 heteroatoms. The fourth-order valence-corrected chi connectivity index (χ4v) is 1.77. The number of rotatable bonds is 7. The van der Waals surface area contributed by atoms with E-state index in [1.165, 1.54) is 11.6 Å². The highest BCUT2D eigenvalue weighted by Gasteiger charge is 2.09. The van der Waals surface area contributed by atoms with Crippen LogP contribution in [0, 0.1) is 0 Å². The molecule has 0 saturated carbocycles. The molecule has 0 heterocycles. The Bertz CT molecular complexity index is 563. The Hall–Kier alpha value is -2.39. The lowest BCUT2D eigenvalue weighted by molar-refractivity contribution is -0.131. The van der Waals surface area contributed by atoms with Crippen molar-refractivity contribution in [1.82, 2.24) is 0 Å². The zero-order valence-corrected chi connectivity index (χ0v) is 12.1. The molecule has 0 fully saturated rings. The maximum Gasteiger partial charge on any atom is 0.328 e. The van der Waals surface area contributed by atoms with Crippen LogP contribution in [0.25, 0.3) is 0 Å². The molecule has 0 aliphatic heterocycles. The van der Waals surface area contributed by atoms with Crippen LogP contribution < -0.4 is 0 Å². The highest BCUT2D eigenvalue weighted by Crippen LogP contribution is 2.22. The Labute approximate surface area is 125 Å². The van der Waals surface area contributed by atoms with Crippen molar-refractivity contribution < 1.29 is 15.0 Å². The molecule has 3 nitrogen and oxygen atoms in total. The van der Waals surface area contributed by atoms with Crippen molar-refractivity contribution in [2.24, 2.45) is 0 Å². The Kier molecular flexibility index (Phi) is 6.92. The van der Waals surface area contributed by atoms with Crippen molar-refractivity contribution in [3.8, 4) is 0 Å². The van der Waals surface area contributed by atoms with Gasteiger partial charge < -0.3 is 10.2 Å². The topological polar surface area (TPSA) is 57.5 Å². The molecular weight excluding hydrogens is 264 g/mol. The van der Waals surface area contributed by atoms with E-state index in [-0.39, 0.29) is 0 Å². The number of hydrogen-bond donors (Lipinski definition) is 2. The minimum absolute atomic E-state index is 0.652. The van der Waals surface area contributed by atoms with Gasteiger partial charge in [-0.25, -0.2) is 4.79 Å². The largest absolute Gasteiger partial charge is 0.478 e. The second-order valence-corrected chi connectivity index (χ2v) is 4.45. The van der Waals surface area contributed by atoms with Crippen LogP contribution in [-0.4, -0.2) is 16.2 Å². The molecule has 1 aromatic rings. The maximum absolute atomic E-state index is 10.3. The fraction of sp³-hybridized carbons (Fsp3) is 0.167. The minimum atomic E-state index is -0.997. The first-order valence-corrected chi connectivity index (χ1v) is 6.75. The van der Waals surface area contributed by atoms with Gasteiger partial charge >= 0.3 is 5.97 Å². The minimum Gasteiger partial charge on any atom is -0.478 e. The van der Waals surface area contributed by atoms with Crippen LogP contribution in [0.1, 0.15) is 24.2 Å².